The van der Waals surface area contributed by atoms with Crippen LogP contribution in [0.3, 0.4) is 0 Å². The van der Waals surface area contributed by atoms with Gasteiger partial charge in [0.15, 0.2) is 0 Å². The summed E-state index contributed by atoms with van der Waals surface area (Å²) in [5, 5.41) is 5.07. The highest BCUT2D eigenvalue weighted by atomic mass is 79.9. The summed E-state index contributed by atoms with van der Waals surface area (Å²) < 4.78 is 13.8. The number of rotatable bonds is 3. The average Bonchev–Trinajstić information content (AvgIpc) is 2.72. The molecule has 2 nitrogen and oxygen atoms in total. The van der Waals surface area contributed by atoms with Crippen molar-refractivity contribution < 1.29 is 4.39 Å². The molecular weight excluding hydrogens is 279 g/mol. The lowest BCUT2D eigenvalue weighted by Crippen LogP contribution is -2.00. The lowest BCUT2D eigenvalue weighted by Gasteiger charge is -2.06. The smallest absolute Gasteiger partial charge is 0.125 e. The number of aromatic nitrogens is 1. The molecule has 0 aliphatic heterocycles. The number of anilines is 1. The molecule has 0 saturated heterocycles. The summed E-state index contributed by atoms with van der Waals surface area (Å²) in [6.07, 6.45) is 0. The van der Waals surface area contributed by atoms with E-state index in [2.05, 4.69) is 26.2 Å². The van der Waals surface area contributed by atoms with Crippen molar-refractivity contribution in [2.45, 2.75) is 6.54 Å². The highest BCUT2D eigenvalue weighted by Crippen LogP contribution is 2.23. The maximum Gasteiger partial charge on any atom is 0.125 e. The Hall–Kier alpha value is -0.940. The molecule has 0 radical (unpaired) electrons. The van der Waals surface area contributed by atoms with Crippen molar-refractivity contribution in [3.05, 3.63) is 45.1 Å². The zero-order valence-corrected chi connectivity index (χ0v) is 10.1. The highest BCUT2D eigenvalue weighted by molar-refractivity contribution is 9.10. The topological polar surface area (TPSA) is 24.9 Å². The molecule has 0 atom stereocenters. The van der Waals surface area contributed by atoms with Gasteiger partial charge in [-0.15, -0.1) is 11.3 Å². The molecule has 0 spiro atoms. The number of nitrogens with zero attached hydrogens (tertiary/aromatic N) is 1. The van der Waals surface area contributed by atoms with Crippen LogP contribution in [-0.2, 0) is 6.54 Å². The summed E-state index contributed by atoms with van der Waals surface area (Å²) in [5.74, 6) is -0.251. The van der Waals surface area contributed by atoms with Crippen LogP contribution >= 0.6 is 27.3 Å². The molecular formula is C10H8BrFN2S. The van der Waals surface area contributed by atoms with E-state index >= 15 is 0 Å². The molecule has 1 N–H and O–H groups in total. The molecule has 0 fully saturated rings. The minimum absolute atomic E-state index is 0.251. The summed E-state index contributed by atoms with van der Waals surface area (Å²) >= 11 is 4.89. The van der Waals surface area contributed by atoms with Crippen LogP contribution in [0.15, 0.2) is 33.6 Å². The van der Waals surface area contributed by atoms with Gasteiger partial charge < -0.3 is 5.32 Å². The fraction of sp³-hybridized carbons (Fsp3) is 0.100. The van der Waals surface area contributed by atoms with Gasteiger partial charge in [0.2, 0.25) is 0 Å². The van der Waals surface area contributed by atoms with E-state index in [0.29, 0.717) is 6.54 Å². The van der Waals surface area contributed by atoms with E-state index in [0.717, 1.165) is 15.9 Å². The molecule has 0 unspecified atom stereocenters. The van der Waals surface area contributed by atoms with Crippen molar-refractivity contribution in [3.8, 4) is 0 Å². The van der Waals surface area contributed by atoms with Gasteiger partial charge in [0.05, 0.1) is 23.4 Å². The van der Waals surface area contributed by atoms with Gasteiger partial charge in [-0.3, -0.25) is 0 Å². The molecule has 0 amide bonds. The van der Waals surface area contributed by atoms with E-state index in [9.17, 15) is 4.39 Å². The lowest BCUT2D eigenvalue weighted by atomic mass is 10.3. The first-order valence-electron chi connectivity index (χ1n) is 4.31. The second kappa shape index (κ2) is 4.72. The van der Waals surface area contributed by atoms with Crippen molar-refractivity contribution in [1.29, 1.82) is 0 Å². The first-order chi connectivity index (χ1) is 7.25. The van der Waals surface area contributed by atoms with Gasteiger partial charge >= 0.3 is 0 Å². The zero-order chi connectivity index (χ0) is 10.7. The molecule has 78 valence electrons. The van der Waals surface area contributed by atoms with Gasteiger partial charge in [-0.25, -0.2) is 9.37 Å². The van der Waals surface area contributed by atoms with E-state index in [4.69, 9.17) is 0 Å². The molecule has 2 rings (SSSR count). The SMILES string of the molecule is Fc1ccc(Br)c(NCc2cscn2)c1. The number of hydrogen-bond acceptors (Lipinski definition) is 3. The van der Waals surface area contributed by atoms with Crippen molar-refractivity contribution in [2.75, 3.05) is 5.32 Å². The molecule has 1 heterocycles. The van der Waals surface area contributed by atoms with Gasteiger partial charge in [-0.2, -0.15) is 0 Å². The van der Waals surface area contributed by atoms with Crippen molar-refractivity contribution in [3.63, 3.8) is 0 Å². The summed E-state index contributed by atoms with van der Waals surface area (Å²) in [6, 6.07) is 4.55. The van der Waals surface area contributed by atoms with Gasteiger partial charge in [-0.1, -0.05) is 0 Å². The van der Waals surface area contributed by atoms with Crippen LogP contribution in [0, 0.1) is 5.82 Å². The lowest BCUT2D eigenvalue weighted by molar-refractivity contribution is 0.628. The second-order valence-electron chi connectivity index (χ2n) is 2.96. The third-order valence-corrected chi connectivity index (χ3v) is 3.20. The highest BCUT2D eigenvalue weighted by Gasteiger charge is 2.01. The fourth-order valence-corrected chi connectivity index (χ4v) is 2.09. The Balaban J connectivity index is 2.07. The largest absolute Gasteiger partial charge is 0.378 e. The molecule has 0 aliphatic carbocycles. The number of thiazole rings is 1. The summed E-state index contributed by atoms with van der Waals surface area (Å²) in [4.78, 5) is 4.13. The minimum atomic E-state index is -0.251. The van der Waals surface area contributed by atoms with E-state index in [1.807, 2.05) is 5.38 Å². The molecule has 1 aromatic carbocycles. The number of hydrogen-bond donors (Lipinski definition) is 1. The predicted octanol–water partition coefficient (Wildman–Crippen LogP) is 3.66. The quantitative estimate of drug-likeness (QED) is 0.932. The number of benzene rings is 1. The fourth-order valence-electron chi connectivity index (χ4n) is 1.14. The number of halogens is 2. The van der Waals surface area contributed by atoms with Crippen LogP contribution in [0.4, 0.5) is 10.1 Å². The van der Waals surface area contributed by atoms with Gasteiger partial charge in [0, 0.05) is 9.85 Å². The Labute approximate surface area is 99.3 Å². The van der Waals surface area contributed by atoms with E-state index in [1.165, 1.54) is 12.1 Å². The van der Waals surface area contributed by atoms with E-state index in [-0.39, 0.29) is 5.82 Å². The maximum atomic E-state index is 12.9. The van der Waals surface area contributed by atoms with Crippen LogP contribution in [0.1, 0.15) is 5.69 Å². The van der Waals surface area contributed by atoms with Gasteiger partial charge in [-0.05, 0) is 34.1 Å². The third-order valence-electron chi connectivity index (χ3n) is 1.87. The monoisotopic (exact) mass is 286 g/mol. The average molecular weight is 287 g/mol. The molecule has 15 heavy (non-hydrogen) atoms. The van der Waals surface area contributed by atoms with Crippen molar-refractivity contribution >= 4 is 33.0 Å². The van der Waals surface area contributed by atoms with E-state index in [1.54, 1.807) is 22.9 Å². The normalized spacial score (nSPS) is 10.3. The summed E-state index contributed by atoms with van der Waals surface area (Å²) in [7, 11) is 0. The van der Waals surface area contributed by atoms with Crippen molar-refractivity contribution in [1.82, 2.24) is 4.98 Å². The van der Waals surface area contributed by atoms with Crippen LogP contribution < -0.4 is 5.32 Å². The predicted molar refractivity (Wildman–Crippen MR) is 63.5 cm³/mol. The first-order valence-corrected chi connectivity index (χ1v) is 6.05. The number of nitrogens with one attached hydrogen (secondary N) is 1. The molecule has 0 saturated carbocycles. The Morgan fingerprint density at radius 1 is 1.47 bits per heavy atom. The molecule has 5 heteroatoms. The molecule has 0 aliphatic rings. The van der Waals surface area contributed by atoms with Gasteiger partial charge in [0.25, 0.3) is 0 Å². The second-order valence-corrected chi connectivity index (χ2v) is 4.53. The molecule has 0 bridgehead atoms. The van der Waals surface area contributed by atoms with Crippen LogP contribution in [0.5, 0.6) is 0 Å². The Morgan fingerprint density at radius 3 is 3.07 bits per heavy atom. The van der Waals surface area contributed by atoms with Crippen LogP contribution in [0.25, 0.3) is 0 Å². The molecule has 2 aromatic rings. The third kappa shape index (κ3) is 2.76. The Bertz CT molecular complexity index is 445. The summed E-state index contributed by atoms with van der Waals surface area (Å²) in [6.45, 7) is 0.603. The van der Waals surface area contributed by atoms with Crippen LogP contribution in [0.2, 0.25) is 0 Å². The van der Waals surface area contributed by atoms with Crippen molar-refractivity contribution in [2.24, 2.45) is 0 Å². The molecule has 1 aromatic heterocycles. The Kier molecular flexibility index (Phi) is 3.33. The zero-order valence-electron chi connectivity index (χ0n) is 7.71. The first kappa shape index (κ1) is 10.6. The maximum absolute atomic E-state index is 12.9. The summed E-state index contributed by atoms with van der Waals surface area (Å²) in [5.41, 5.74) is 3.47. The Morgan fingerprint density at radius 2 is 2.33 bits per heavy atom. The standard InChI is InChI=1S/C10H8BrFN2S/c11-9-2-1-7(12)3-10(9)13-4-8-5-15-6-14-8/h1-3,5-6,13H,4H2. The minimum Gasteiger partial charge on any atom is -0.378 e. The van der Waals surface area contributed by atoms with Gasteiger partial charge in [0.1, 0.15) is 5.82 Å². The van der Waals surface area contributed by atoms with Crippen LogP contribution in [-0.4, -0.2) is 4.98 Å². The van der Waals surface area contributed by atoms with E-state index < -0.39 is 0 Å².